The third-order valence-electron chi connectivity index (χ3n) is 0. The average Bonchev–Trinajstić information content (AvgIpc) is 0.722. The van der Waals surface area contributed by atoms with E-state index in [-0.39, 0.29) is 7.43 Å². The molecular weight excluding hydrogens is 111 g/mol. The van der Waals surface area contributed by atoms with E-state index < -0.39 is 10.5 Å². The van der Waals surface area contributed by atoms with Gasteiger partial charge in [-0.1, -0.05) is 11.3 Å². The molecule has 0 aromatic heterocycles. The lowest BCUT2D eigenvalue weighted by Gasteiger charge is -1.63. The van der Waals surface area contributed by atoms with E-state index >= 15 is 0 Å². The second kappa shape index (κ2) is 2.09. The Morgan fingerprint density at radius 1 is 1.50 bits per heavy atom. The summed E-state index contributed by atoms with van der Waals surface area (Å²) >= 11 is 0. The van der Waals surface area contributed by atoms with Crippen LogP contribution in [0.4, 0.5) is 3.89 Å². The van der Waals surface area contributed by atoms with Gasteiger partial charge in [0.05, 0.1) is 0 Å². The molecule has 0 aromatic carbocycles. The quantitative estimate of drug-likeness (QED) is 0.368. The summed E-state index contributed by atoms with van der Waals surface area (Å²) in [5.74, 6) is 0. The minimum atomic E-state index is -5.17. The van der Waals surface area contributed by atoms with Crippen molar-refractivity contribution in [1.29, 1.82) is 0 Å². The van der Waals surface area contributed by atoms with E-state index in [2.05, 4.69) is 0 Å². The van der Waals surface area contributed by atoms with Crippen LogP contribution in [0.2, 0.25) is 0 Å². The van der Waals surface area contributed by atoms with E-state index in [1.807, 2.05) is 0 Å². The zero-order chi connectivity index (χ0) is 4.50. The molecule has 0 fully saturated rings. The molecule has 0 aromatic rings. The molecular formula is CH5FO3S. The zero-order valence-corrected chi connectivity index (χ0v) is 2.87. The highest BCUT2D eigenvalue weighted by atomic mass is 32.3. The van der Waals surface area contributed by atoms with Gasteiger partial charge >= 0.3 is 10.5 Å². The molecule has 40 valence electrons. The van der Waals surface area contributed by atoms with Crippen molar-refractivity contribution in [3.63, 3.8) is 0 Å². The molecule has 0 heterocycles. The highest BCUT2D eigenvalue weighted by molar-refractivity contribution is 7.80. The van der Waals surface area contributed by atoms with Crippen LogP contribution in [0.1, 0.15) is 7.43 Å². The highest BCUT2D eigenvalue weighted by Gasteiger charge is 1.89. The predicted octanol–water partition coefficient (Wildman–Crippen LogP) is 0.395. The average molecular weight is 116 g/mol. The van der Waals surface area contributed by atoms with Crippen molar-refractivity contribution >= 4 is 10.5 Å². The summed E-state index contributed by atoms with van der Waals surface area (Å²) in [6.07, 6.45) is 0. The Kier molecular flexibility index (Phi) is 3.24. The van der Waals surface area contributed by atoms with Crippen molar-refractivity contribution in [3.05, 3.63) is 0 Å². The van der Waals surface area contributed by atoms with Crippen LogP contribution >= 0.6 is 0 Å². The Labute approximate surface area is 35.8 Å². The topological polar surface area (TPSA) is 54.4 Å². The number of hydrogen-bond acceptors (Lipinski definition) is 2. The van der Waals surface area contributed by atoms with Gasteiger partial charge in [0.25, 0.3) is 0 Å². The van der Waals surface area contributed by atoms with Gasteiger partial charge in [-0.25, -0.2) is 0 Å². The van der Waals surface area contributed by atoms with Gasteiger partial charge in [-0.3, -0.25) is 4.55 Å². The molecule has 0 rings (SSSR count). The summed E-state index contributed by atoms with van der Waals surface area (Å²) < 4.78 is 34.1. The Morgan fingerprint density at radius 3 is 1.50 bits per heavy atom. The first-order chi connectivity index (χ1) is 2.00. The van der Waals surface area contributed by atoms with Crippen molar-refractivity contribution in [2.75, 3.05) is 0 Å². The van der Waals surface area contributed by atoms with E-state index in [0.29, 0.717) is 0 Å². The lowest BCUT2D eigenvalue weighted by molar-refractivity contribution is 0.435. The van der Waals surface area contributed by atoms with Gasteiger partial charge < -0.3 is 0 Å². The predicted molar refractivity (Wildman–Crippen MR) is 19.4 cm³/mol. The summed E-state index contributed by atoms with van der Waals surface area (Å²) in [5.41, 5.74) is 0. The van der Waals surface area contributed by atoms with Crippen molar-refractivity contribution in [2.24, 2.45) is 0 Å². The molecule has 0 aliphatic rings. The lowest BCUT2D eigenvalue weighted by atomic mass is 12.0. The van der Waals surface area contributed by atoms with Crippen LogP contribution in [0, 0.1) is 0 Å². The molecule has 6 heavy (non-hydrogen) atoms. The summed E-state index contributed by atoms with van der Waals surface area (Å²) in [7, 11) is -5.17. The molecule has 3 nitrogen and oxygen atoms in total. The van der Waals surface area contributed by atoms with Gasteiger partial charge in [-0.2, -0.15) is 8.42 Å². The summed E-state index contributed by atoms with van der Waals surface area (Å²) in [5, 5.41) is 0. The molecule has 5 heteroatoms. The number of rotatable bonds is 0. The Bertz CT molecular complexity index is 94.0. The van der Waals surface area contributed by atoms with Crippen molar-refractivity contribution < 1.29 is 16.9 Å². The van der Waals surface area contributed by atoms with Crippen LogP contribution in [-0.2, 0) is 10.5 Å². The molecule has 0 unspecified atom stereocenters. The fourth-order valence-electron chi connectivity index (χ4n) is 0. The van der Waals surface area contributed by atoms with Crippen LogP contribution < -0.4 is 0 Å². The van der Waals surface area contributed by atoms with Gasteiger partial charge in [-0.05, 0) is 0 Å². The third-order valence-corrected chi connectivity index (χ3v) is 0. The molecule has 0 bridgehead atoms. The molecule has 1 N–H and O–H groups in total. The SMILES string of the molecule is C.O=S(=O)(O)F. The van der Waals surface area contributed by atoms with E-state index in [1.165, 1.54) is 0 Å². The molecule has 0 aliphatic carbocycles. The Balaban J connectivity index is 0. The molecule has 0 spiro atoms. The van der Waals surface area contributed by atoms with Crippen LogP contribution in [0.15, 0.2) is 0 Å². The van der Waals surface area contributed by atoms with Crippen LogP contribution in [0.25, 0.3) is 0 Å². The molecule has 0 saturated carbocycles. The van der Waals surface area contributed by atoms with E-state index in [4.69, 9.17) is 13.0 Å². The Morgan fingerprint density at radius 2 is 1.50 bits per heavy atom. The van der Waals surface area contributed by atoms with Crippen molar-refractivity contribution in [3.8, 4) is 0 Å². The van der Waals surface area contributed by atoms with Gasteiger partial charge in [0.1, 0.15) is 0 Å². The standard InChI is InChI=1S/CH4.FHO3S/c;1-5(2,3)4/h1H4;(H,2,3,4). The molecule has 0 saturated heterocycles. The molecule has 0 atom stereocenters. The van der Waals surface area contributed by atoms with Crippen molar-refractivity contribution in [2.45, 2.75) is 7.43 Å². The first kappa shape index (κ1) is 9.28. The lowest BCUT2D eigenvalue weighted by Crippen LogP contribution is -1.80. The summed E-state index contributed by atoms with van der Waals surface area (Å²) in [4.78, 5) is 0. The maximum atomic E-state index is 10.2. The number of hydrogen-bond donors (Lipinski definition) is 1. The maximum Gasteiger partial charge on any atom is 0.435 e. The van der Waals surface area contributed by atoms with Crippen LogP contribution in [0.5, 0.6) is 0 Å². The van der Waals surface area contributed by atoms with Crippen LogP contribution in [-0.4, -0.2) is 13.0 Å². The van der Waals surface area contributed by atoms with Gasteiger partial charge in [-0.15, -0.1) is 0 Å². The minimum Gasteiger partial charge on any atom is -0.260 e. The van der Waals surface area contributed by atoms with Crippen molar-refractivity contribution in [1.82, 2.24) is 0 Å². The summed E-state index contributed by atoms with van der Waals surface area (Å²) in [6.45, 7) is 0. The smallest absolute Gasteiger partial charge is 0.260 e. The molecule has 0 radical (unpaired) electrons. The second-order valence-electron chi connectivity index (χ2n) is 0.412. The number of halogens is 1. The van der Waals surface area contributed by atoms with E-state index in [9.17, 15) is 3.89 Å². The Hall–Kier alpha value is -0.160. The monoisotopic (exact) mass is 116 g/mol. The maximum absolute atomic E-state index is 10.2. The molecule has 0 amide bonds. The zero-order valence-electron chi connectivity index (χ0n) is 2.05. The van der Waals surface area contributed by atoms with E-state index in [1.54, 1.807) is 0 Å². The molecule has 0 aliphatic heterocycles. The summed E-state index contributed by atoms with van der Waals surface area (Å²) in [6, 6.07) is 0. The normalized spacial score (nSPS) is 9.67. The fourth-order valence-corrected chi connectivity index (χ4v) is 0. The van der Waals surface area contributed by atoms with Crippen LogP contribution in [0.3, 0.4) is 0 Å². The third kappa shape index (κ3) is 1210. The fraction of sp³-hybridized carbons (Fsp3) is 1.00. The van der Waals surface area contributed by atoms with Gasteiger partial charge in [0, 0.05) is 0 Å². The second-order valence-corrected chi connectivity index (χ2v) is 1.24. The highest BCUT2D eigenvalue weighted by Crippen LogP contribution is 1.74. The van der Waals surface area contributed by atoms with E-state index in [0.717, 1.165) is 0 Å². The largest absolute Gasteiger partial charge is 0.435 e. The first-order valence-corrected chi connectivity index (χ1v) is 2.01. The van der Waals surface area contributed by atoms with Gasteiger partial charge in [0.2, 0.25) is 0 Å². The minimum absolute atomic E-state index is 0. The first-order valence-electron chi connectivity index (χ1n) is 0.670. The van der Waals surface area contributed by atoms with Gasteiger partial charge in [0.15, 0.2) is 0 Å².